The molecule has 0 bridgehead atoms. The minimum Gasteiger partial charge on any atom is -0.467 e. The van der Waals surface area contributed by atoms with Crippen molar-refractivity contribution in [1.29, 1.82) is 0 Å². The Bertz CT molecular complexity index is 325. The number of methoxy groups -OCH3 is 2. The van der Waals surface area contributed by atoms with Gasteiger partial charge in [-0.1, -0.05) is 0 Å². The fraction of sp³-hybridized carbons (Fsp3) is 0.700. The van der Waals surface area contributed by atoms with Crippen LogP contribution in [0.2, 0.25) is 0 Å². The maximum Gasteiger partial charge on any atom is 0.324 e. The van der Waals surface area contributed by atoms with Crippen LogP contribution >= 0.6 is 0 Å². The molecule has 17 heavy (non-hydrogen) atoms. The summed E-state index contributed by atoms with van der Waals surface area (Å²) in [7, 11) is 3.02. The van der Waals surface area contributed by atoms with Gasteiger partial charge in [0.15, 0.2) is 0 Å². The van der Waals surface area contributed by atoms with Gasteiger partial charge < -0.3 is 20.1 Å². The van der Waals surface area contributed by atoms with E-state index in [9.17, 15) is 0 Å². The zero-order valence-electron chi connectivity index (χ0n) is 10.5. The highest BCUT2D eigenvalue weighted by Crippen LogP contribution is 2.15. The Hall–Kier alpha value is -1.63. The molecule has 7 nitrogen and oxygen atoms in total. The normalized spacial score (nSPS) is 10.1. The summed E-state index contributed by atoms with van der Waals surface area (Å²) in [6.45, 7) is 4.24. The lowest BCUT2D eigenvalue weighted by molar-refractivity contribution is 0.340. The molecule has 0 atom stereocenters. The van der Waals surface area contributed by atoms with Crippen LogP contribution in [0.25, 0.3) is 0 Å². The zero-order valence-corrected chi connectivity index (χ0v) is 10.5. The first-order valence-electron chi connectivity index (χ1n) is 5.54. The standard InChI is InChI=1S/C10H19N5O2/c1-4-15(7-5-6-11)8-12-9(16-2)14-10(13-8)17-3/h4-7,11H2,1-3H3. The summed E-state index contributed by atoms with van der Waals surface area (Å²) in [6, 6.07) is 0.496. The molecule has 0 amide bonds. The number of rotatable bonds is 7. The highest BCUT2D eigenvalue weighted by molar-refractivity contribution is 5.31. The maximum absolute atomic E-state index is 5.49. The lowest BCUT2D eigenvalue weighted by Crippen LogP contribution is -2.28. The molecule has 0 spiro atoms. The van der Waals surface area contributed by atoms with Crippen LogP contribution in [0, 0.1) is 0 Å². The monoisotopic (exact) mass is 241 g/mol. The molecule has 2 N–H and O–H groups in total. The maximum atomic E-state index is 5.49. The van der Waals surface area contributed by atoms with Crippen molar-refractivity contribution in [2.75, 3.05) is 38.8 Å². The van der Waals surface area contributed by atoms with Crippen molar-refractivity contribution in [3.05, 3.63) is 0 Å². The van der Waals surface area contributed by atoms with Crippen molar-refractivity contribution in [3.8, 4) is 12.0 Å². The fourth-order valence-electron chi connectivity index (χ4n) is 1.33. The molecule has 1 heterocycles. The van der Waals surface area contributed by atoms with Gasteiger partial charge in [-0.25, -0.2) is 0 Å². The molecular weight excluding hydrogens is 222 g/mol. The molecule has 1 aromatic heterocycles. The molecule has 96 valence electrons. The van der Waals surface area contributed by atoms with Crippen LogP contribution in [0.4, 0.5) is 5.95 Å². The number of nitrogens with zero attached hydrogens (tertiary/aromatic N) is 4. The lowest BCUT2D eigenvalue weighted by atomic mass is 10.4. The topological polar surface area (TPSA) is 86.4 Å². The summed E-state index contributed by atoms with van der Waals surface area (Å²) in [6.07, 6.45) is 0.879. The third-order valence-corrected chi connectivity index (χ3v) is 2.24. The van der Waals surface area contributed by atoms with E-state index in [4.69, 9.17) is 15.2 Å². The van der Waals surface area contributed by atoms with Gasteiger partial charge in [-0.3, -0.25) is 0 Å². The molecule has 0 aliphatic heterocycles. The molecular formula is C10H19N5O2. The van der Waals surface area contributed by atoms with Crippen LogP contribution in [0.1, 0.15) is 13.3 Å². The van der Waals surface area contributed by atoms with Gasteiger partial charge in [-0.2, -0.15) is 9.97 Å². The Labute approximate surface area is 101 Å². The Kier molecular flexibility index (Phi) is 5.41. The molecule has 1 aromatic rings. The second kappa shape index (κ2) is 6.85. The van der Waals surface area contributed by atoms with Crippen LogP contribution in [-0.2, 0) is 0 Å². The molecule has 0 aliphatic rings. The molecule has 0 saturated heterocycles. The number of anilines is 1. The van der Waals surface area contributed by atoms with E-state index in [2.05, 4.69) is 15.0 Å². The number of ether oxygens (including phenoxy) is 2. The van der Waals surface area contributed by atoms with E-state index in [-0.39, 0.29) is 12.0 Å². The second-order valence-electron chi connectivity index (χ2n) is 3.33. The van der Waals surface area contributed by atoms with E-state index in [0.717, 1.165) is 19.5 Å². The first-order valence-corrected chi connectivity index (χ1v) is 5.54. The lowest BCUT2D eigenvalue weighted by Gasteiger charge is -2.20. The van der Waals surface area contributed by atoms with Crippen LogP contribution in [-0.4, -0.2) is 48.8 Å². The van der Waals surface area contributed by atoms with Gasteiger partial charge in [0, 0.05) is 13.1 Å². The molecule has 1 rings (SSSR count). The Morgan fingerprint density at radius 2 is 1.71 bits per heavy atom. The quantitative estimate of drug-likeness (QED) is 0.722. The highest BCUT2D eigenvalue weighted by atomic mass is 16.5. The van der Waals surface area contributed by atoms with Crippen molar-refractivity contribution >= 4 is 5.95 Å². The van der Waals surface area contributed by atoms with Gasteiger partial charge in [0.2, 0.25) is 5.95 Å². The molecule has 7 heteroatoms. The molecule has 0 unspecified atom stereocenters. The van der Waals surface area contributed by atoms with Gasteiger partial charge in [-0.05, 0) is 19.9 Å². The van der Waals surface area contributed by atoms with E-state index in [1.165, 1.54) is 14.2 Å². The summed E-state index contributed by atoms with van der Waals surface area (Å²) in [5.74, 6) is 0.546. The first-order chi connectivity index (χ1) is 8.24. The second-order valence-corrected chi connectivity index (χ2v) is 3.33. The predicted octanol–water partition coefficient (Wildman–Crippen LogP) is 0.0639. The predicted molar refractivity (Wildman–Crippen MR) is 64.5 cm³/mol. The summed E-state index contributed by atoms with van der Waals surface area (Å²) in [5, 5.41) is 0. The van der Waals surface area contributed by atoms with E-state index < -0.39 is 0 Å². The highest BCUT2D eigenvalue weighted by Gasteiger charge is 2.12. The zero-order chi connectivity index (χ0) is 12.7. The number of hydrogen-bond donors (Lipinski definition) is 1. The number of aromatic nitrogens is 3. The van der Waals surface area contributed by atoms with Gasteiger partial charge in [0.1, 0.15) is 0 Å². The first kappa shape index (κ1) is 13.4. The van der Waals surface area contributed by atoms with E-state index in [1.807, 2.05) is 11.8 Å². The molecule has 0 saturated carbocycles. The van der Waals surface area contributed by atoms with Crippen molar-refractivity contribution in [2.24, 2.45) is 5.73 Å². The summed E-state index contributed by atoms with van der Waals surface area (Å²) in [5.41, 5.74) is 5.49. The molecule has 0 radical (unpaired) electrons. The van der Waals surface area contributed by atoms with Gasteiger partial charge in [0.05, 0.1) is 14.2 Å². The largest absolute Gasteiger partial charge is 0.467 e. The Balaban J connectivity index is 2.92. The Morgan fingerprint density at radius 3 is 2.12 bits per heavy atom. The SMILES string of the molecule is CCN(CCCN)c1nc(OC)nc(OC)n1. The fourth-order valence-corrected chi connectivity index (χ4v) is 1.33. The minimum atomic E-state index is 0.248. The van der Waals surface area contributed by atoms with E-state index in [1.54, 1.807) is 0 Å². The van der Waals surface area contributed by atoms with Crippen LogP contribution in [0.3, 0.4) is 0 Å². The average molecular weight is 241 g/mol. The van der Waals surface area contributed by atoms with Crippen molar-refractivity contribution in [2.45, 2.75) is 13.3 Å². The van der Waals surface area contributed by atoms with Crippen molar-refractivity contribution < 1.29 is 9.47 Å². The number of hydrogen-bond acceptors (Lipinski definition) is 7. The van der Waals surface area contributed by atoms with E-state index >= 15 is 0 Å². The van der Waals surface area contributed by atoms with Crippen molar-refractivity contribution in [3.63, 3.8) is 0 Å². The van der Waals surface area contributed by atoms with Crippen LogP contribution < -0.4 is 20.1 Å². The molecule has 0 aromatic carbocycles. The van der Waals surface area contributed by atoms with Gasteiger partial charge in [0.25, 0.3) is 0 Å². The smallest absolute Gasteiger partial charge is 0.324 e. The third-order valence-electron chi connectivity index (χ3n) is 2.24. The Morgan fingerprint density at radius 1 is 1.12 bits per heavy atom. The summed E-state index contributed by atoms with van der Waals surface area (Å²) in [4.78, 5) is 14.3. The molecule has 0 aliphatic carbocycles. The van der Waals surface area contributed by atoms with Crippen LogP contribution in [0.5, 0.6) is 12.0 Å². The van der Waals surface area contributed by atoms with Gasteiger partial charge >= 0.3 is 12.0 Å². The van der Waals surface area contributed by atoms with Crippen LogP contribution in [0.15, 0.2) is 0 Å². The number of nitrogens with two attached hydrogens (primary N) is 1. The van der Waals surface area contributed by atoms with E-state index in [0.29, 0.717) is 12.5 Å². The third kappa shape index (κ3) is 3.70. The average Bonchev–Trinajstić information content (AvgIpc) is 2.39. The van der Waals surface area contributed by atoms with Crippen molar-refractivity contribution in [1.82, 2.24) is 15.0 Å². The molecule has 0 fully saturated rings. The van der Waals surface area contributed by atoms with Gasteiger partial charge in [-0.15, -0.1) is 4.98 Å². The minimum absolute atomic E-state index is 0.248. The summed E-state index contributed by atoms with van der Waals surface area (Å²) < 4.78 is 10.0. The summed E-state index contributed by atoms with van der Waals surface area (Å²) >= 11 is 0.